The van der Waals surface area contributed by atoms with E-state index in [2.05, 4.69) is 4.89 Å². The van der Waals surface area contributed by atoms with E-state index in [1.807, 2.05) is 6.07 Å². The summed E-state index contributed by atoms with van der Waals surface area (Å²) in [6.45, 7) is 0.0436. The van der Waals surface area contributed by atoms with E-state index >= 15 is 0 Å². The highest BCUT2D eigenvalue weighted by atomic mass is 17.2. The Morgan fingerprint density at radius 2 is 2.25 bits per heavy atom. The predicted octanol–water partition coefficient (Wildman–Crippen LogP) is 1.47. The van der Waals surface area contributed by atoms with Crippen molar-refractivity contribution >= 4 is 6.08 Å². The second-order valence-corrected chi connectivity index (χ2v) is 2.51. The van der Waals surface area contributed by atoms with Gasteiger partial charge in [0.1, 0.15) is 6.26 Å². The van der Waals surface area contributed by atoms with Crippen LogP contribution in [0.4, 0.5) is 0 Å². The predicted molar refractivity (Wildman–Crippen MR) is 43.1 cm³/mol. The van der Waals surface area contributed by atoms with E-state index in [9.17, 15) is 0 Å². The molecule has 0 atom stereocenters. The first-order valence-corrected chi connectivity index (χ1v) is 3.64. The van der Waals surface area contributed by atoms with E-state index in [4.69, 9.17) is 9.99 Å². The molecular formula is C9H8O3. The summed E-state index contributed by atoms with van der Waals surface area (Å²) < 4.78 is 0. The molecule has 3 nitrogen and oxygen atoms in total. The lowest BCUT2D eigenvalue weighted by atomic mass is 10.1. The third-order valence-electron chi connectivity index (χ3n) is 1.70. The summed E-state index contributed by atoms with van der Waals surface area (Å²) in [4.78, 5) is 9.48. The number of benzene rings is 1. The summed E-state index contributed by atoms with van der Waals surface area (Å²) >= 11 is 0. The minimum Gasteiger partial charge on any atom is -0.392 e. The highest BCUT2D eigenvalue weighted by Crippen LogP contribution is 2.24. The highest BCUT2D eigenvalue weighted by Gasteiger charge is 2.06. The normalized spacial score (nSPS) is 13.1. The molecule has 2 rings (SSSR count). The zero-order valence-corrected chi connectivity index (χ0v) is 6.36. The molecule has 0 saturated heterocycles. The molecule has 0 radical (unpaired) electrons. The Morgan fingerprint density at radius 3 is 3.08 bits per heavy atom. The standard InChI is InChI=1S/C9H8O3/c10-6-7-1-2-9-8(5-7)3-4-11-12-9/h1-5,10H,6H2. The van der Waals surface area contributed by atoms with Gasteiger partial charge in [-0.3, -0.25) is 9.78 Å². The van der Waals surface area contributed by atoms with Crippen LogP contribution in [0.1, 0.15) is 11.1 Å². The van der Waals surface area contributed by atoms with Gasteiger partial charge < -0.3 is 5.11 Å². The van der Waals surface area contributed by atoms with E-state index in [-0.39, 0.29) is 6.61 Å². The van der Waals surface area contributed by atoms with Crippen molar-refractivity contribution in [3.63, 3.8) is 0 Å². The van der Waals surface area contributed by atoms with Crippen LogP contribution in [0.25, 0.3) is 6.08 Å². The Labute approximate surface area is 69.8 Å². The van der Waals surface area contributed by atoms with Gasteiger partial charge in [-0.05, 0) is 23.8 Å². The molecule has 62 valence electrons. The summed E-state index contributed by atoms with van der Waals surface area (Å²) in [5.74, 6) is 0.676. The molecule has 0 saturated carbocycles. The van der Waals surface area contributed by atoms with Crippen LogP contribution in [0.3, 0.4) is 0 Å². The average Bonchev–Trinajstić information content (AvgIpc) is 2.17. The molecule has 3 heteroatoms. The van der Waals surface area contributed by atoms with Gasteiger partial charge in [0.2, 0.25) is 0 Å². The van der Waals surface area contributed by atoms with Crippen molar-refractivity contribution in [3.8, 4) is 5.75 Å². The van der Waals surface area contributed by atoms with Gasteiger partial charge in [0, 0.05) is 5.56 Å². The molecule has 1 heterocycles. The van der Waals surface area contributed by atoms with Crippen LogP contribution in [-0.2, 0) is 11.5 Å². The lowest BCUT2D eigenvalue weighted by Crippen LogP contribution is -1.98. The third-order valence-corrected chi connectivity index (χ3v) is 1.70. The second-order valence-electron chi connectivity index (χ2n) is 2.51. The third kappa shape index (κ3) is 1.14. The largest absolute Gasteiger partial charge is 0.392 e. The minimum atomic E-state index is 0.0436. The lowest BCUT2D eigenvalue weighted by Gasteiger charge is -2.10. The molecule has 0 bridgehead atoms. The fraction of sp³-hybridized carbons (Fsp3) is 0.111. The number of hydrogen-bond donors (Lipinski definition) is 1. The van der Waals surface area contributed by atoms with Crippen LogP contribution in [-0.4, -0.2) is 5.11 Å². The number of aliphatic hydroxyl groups is 1. The van der Waals surface area contributed by atoms with E-state index < -0.39 is 0 Å². The first-order valence-electron chi connectivity index (χ1n) is 3.64. The quantitative estimate of drug-likeness (QED) is 0.639. The Morgan fingerprint density at radius 1 is 1.33 bits per heavy atom. The lowest BCUT2D eigenvalue weighted by molar-refractivity contribution is -0.151. The Kier molecular flexibility index (Phi) is 1.72. The molecule has 1 aromatic carbocycles. The summed E-state index contributed by atoms with van der Waals surface area (Å²) in [6.07, 6.45) is 3.25. The fourth-order valence-corrected chi connectivity index (χ4v) is 1.08. The van der Waals surface area contributed by atoms with Gasteiger partial charge in [-0.15, -0.1) is 0 Å². The molecule has 12 heavy (non-hydrogen) atoms. The number of hydrogen-bond acceptors (Lipinski definition) is 3. The molecule has 1 aliphatic heterocycles. The summed E-state index contributed by atoms with van der Waals surface area (Å²) in [6, 6.07) is 5.42. The summed E-state index contributed by atoms with van der Waals surface area (Å²) in [7, 11) is 0. The van der Waals surface area contributed by atoms with Crippen LogP contribution >= 0.6 is 0 Å². The SMILES string of the molecule is OCc1ccc2c(c1)C=COO2. The van der Waals surface area contributed by atoms with Gasteiger partial charge in [0.15, 0.2) is 5.75 Å². The molecule has 0 fully saturated rings. The minimum absolute atomic E-state index is 0.0436. The smallest absolute Gasteiger partial charge is 0.185 e. The molecule has 1 aromatic rings. The molecule has 0 unspecified atom stereocenters. The first-order chi connectivity index (χ1) is 5.90. The monoisotopic (exact) mass is 164 g/mol. The molecular weight excluding hydrogens is 156 g/mol. The van der Waals surface area contributed by atoms with Crippen molar-refractivity contribution in [2.45, 2.75) is 6.61 Å². The molecule has 0 aliphatic carbocycles. The summed E-state index contributed by atoms with van der Waals surface area (Å²) in [5.41, 5.74) is 1.79. The molecule has 1 N–H and O–H groups in total. The van der Waals surface area contributed by atoms with Gasteiger partial charge in [-0.25, -0.2) is 0 Å². The zero-order chi connectivity index (χ0) is 8.39. The van der Waals surface area contributed by atoms with Gasteiger partial charge in [-0.2, -0.15) is 0 Å². The average molecular weight is 164 g/mol. The van der Waals surface area contributed by atoms with Crippen molar-refractivity contribution in [1.29, 1.82) is 0 Å². The number of rotatable bonds is 1. The van der Waals surface area contributed by atoms with Gasteiger partial charge >= 0.3 is 0 Å². The van der Waals surface area contributed by atoms with Crippen molar-refractivity contribution < 1.29 is 14.9 Å². The highest BCUT2D eigenvalue weighted by molar-refractivity contribution is 5.58. The topological polar surface area (TPSA) is 38.7 Å². The van der Waals surface area contributed by atoms with Crippen molar-refractivity contribution in [3.05, 3.63) is 35.6 Å². The fourth-order valence-electron chi connectivity index (χ4n) is 1.08. The van der Waals surface area contributed by atoms with Crippen molar-refractivity contribution in [2.24, 2.45) is 0 Å². The molecule has 0 amide bonds. The van der Waals surface area contributed by atoms with E-state index in [0.29, 0.717) is 5.75 Å². The van der Waals surface area contributed by atoms with Crippen LogP contribution in [0.2, 0.25) is 0 Å². The van der Waals surface area contributed by atoms with E-state index in [1.54, 1.807) is 18.2 Å². The maximum absolute atomic E-state index is 8.84. The Bertz CT molecular complexity index is 318. The van der Waals surface area contributed by atoms with Gasteiger partial charge in [0.25, 0.3) is 0 Å². The van der Waals surface area contributed by atoms with Crippen molar-refractivity contribution in [2.75, 3.05) is 0 Å². The first kappa shape index (κ1) is 7.18. The van der Waals surface area contributed by atoms with Crippen LogP contribution in [0, 0.1) is 0 Å². The number of aliphatic hydroxyl groups excluding tert-OH is 1. The van der Waals surface area contributed by atoms with Crippen LogP contribution in [0.15, 0.2) is 24.5 Å². The molecule has 0 spiro atoms. The summed E-state index contributed by atoms with van der Waals surface area (Å²) in [5, 5.41) is 8.84. The Hall–Kier alpha value is -1.48. The Balaban J connectivity index is 2.44. The van der Waals surface area contributed by atoms with Crippen LogP contribution in [0.5, 0.6) is 5.75 Å². The van der Waals surface area contributed by atoms with Crippen molar-refractivity contribution in [1.82, 2.24) is 0 Å². The second kappa shape index (κ2) is 2.87. The number of fused-ring (bicyclic) bond motifs is 1. The van der Waals surface area contributed by atoms with E-state index in [1.165, 1.54) is 6.26 Å². The van der Waals surface area contributed by atoms with Gasteiger partial charge in [0.05, 0.1) is 6.61 Å². The van der Waals surface area contributed by atoms with Crippen LogP contribution < -0.4 is 4.89 Å². The molecule has 0 aromatic heterocycles. The zero-order valence-electron chi connectivity index (χ0n) is 6.36. The molecule has 1 aliphatic rings. The van der Waals surface area contributed by atoms with E-state index in [0.717, 1.165) is 11.1 Å². The maximum atomic E-state index is 8.84. The van der Waals surface area contributed by atoms with Gasteiger partial charge in [-0.1, -0.05) is 6.07 Å². The maximum Gasteiger partial charge on any atom is 0.185 e.